The Morgan fingerprint density at radius 3 is 2.42 bits per heavy atom. The predicted octanol–water partition coefficient (Wildman–Crippen LogP) is 2.98. The van der Waals surface area contributed by atoms with Crippen LogP contribution in [-0.4, -0.2) is 50.3 Å². The number of benzene rings is 1. The molecule has 0 bridgehead atoms. The molecule has 3 aromatic rings. The van der Waals surface area contributed by atoms with Crippen LogP contribution < -0.4 is 16.0 Å². The Hall–Kier alpha value is -3.77. The number of rotatable bonds is 5. The van der Waals surface area contributed by atoms with Gasteiger partial charge in [-0.3, -0.25) is 4.79 Å². The number of nitrogen functional groups attached to an aromatic ring is 1. The van der Waals surface area contributed by atoms with Gasteiger partial charge in [-0.1, -0.05) is 23.4 Å². The van der Waals surface area contributed by atoms with E-state index in [4.69, 9.17) is 10.3 Å². The van der Waals surface area contributed by atoms with Gasteiger partial charge in [0.2, 0.25) is 29.4 Å². The third-order valence-electron chi connectivity index (χ3n) is 5.40. The lowest BCUT2D eigenvalue weighted by atomic mass is 9.86. The molecule has 1 fully saturated rings. The van der Waals surface area contributed by atoms with E-state index in [-0.39, 0.29) is 23.5 Å². The van der Waals surface area contributed by atoms with Crippen molar-refractivity contribution < 1.29 is 22.5 Å². The summed E-state index contributed by atoms with van der Waals surface area (Å²) in [6, 6.07) is 8.89. The van der Waals surface area contributed by atoms with Gasteiger partial charge in [-0.2, -0.15) is 33.1 Å². The fourth-order valence-corrected chi connectivity index (χ4v) is 3.64. The summed E-state index contributed by atoms with van der Waals surface area (Å²) in [5.41, 5.74) is 6.70. The van der Waals surface area contributed by atoms with Crippen LogP contribution in [0.5, 0.6) is 0 Å². The van der Waals surface area contributed by atoms with Gasteiger partial charge in [0, 0.05) is 24.7 Å². The molecule has 3 N–H and O–H groups in total. The Balaban J connectivity index is 1.45. The van der Waals surface area contributed by atoms with E-state index >= 15 is 0 Å². The van der Waals surface area contributed by atoms with Crippen LogP contribution in [0.4, 0.5) is 30.8 Å². The van der Waals surface area contributed by atoms with E-state index in [0.717, 1.165) is 5.69 Å². The number of halogens is 3. The molecule has 0 spiro atoms. The average Bonchev–Trinajstić information content (AvgIpc) is 3.29. The lowest BCUT2D eigenvalue weighted by Crippen LogP contribution is -2.44. The molecule has 4 rings (SSSR count). The molecule has 0 unspecified atom stereocenters. The third-order valence-corrected chi connectivity index (χ3v) is 5.40. The molecule has 13 heteroatoms. The highest BCUT2D eigenvalue weighted by Crippen LogP contribution is 2.33. The Morgan fingerprint density at radius 2 is 1.76 bits per heavy atom. The minimum absolute atomic E-state index is 0.00922. The van der Waals surface area contributed by atoms with Crippen molar-refractivity contribution in [2.75, 3.05) is 17.7 Å². The molecule has 1 aromatic carbocycles. The summed E-state index contributed by atoms with van der Waals surface area (Å²) in [6.45, 7) is 0. The first kappa shape index (κ1) is 22.4. The highest BCUT2D eigenvalue weighted by atomic mass is 19.4. The number of aromatic nitrogens is 5. The van der Waals surface area contributed by atoms with Crippen LogP contribution in [0, 0.1) is 0 Å². The predicted molar refractivity (Wildman–Crippen MR) is 111 cm³/mol. The van der Waals surface area contributed by atoms with Crippen LogP contribution in [0.1, 0.15) is 37.5 Å². The average molecular weight is 462 g/mol. The van der Waals surface area contributed by atoms with E-state index in [1.165, 1.54) is 0 Å². The second kappa shape index (κ2) is 9.00. The number of alkyl halides is 3. The number of para-hydroxylation sites is 1. The van der Waals surface area contributed by atoms with Gasteiger partial charge in [-0.25, -0.2) is 0 Å². The van der Waals surface area contributed by atoms with Gasteiger partial charge in [0.15, 0.2) is 0 Å². The minimum Gasteiger partial charge on any atom is -0.368 e. The fourth-order valence-electron chi connectivity index (χ4n) is 3.64. The summed E-state index contributed by atoms with van der Waals surface area (Å²) in [6.07, 6.45) is -3.17. The zero-order chi connectivity index (χ0) is 23.6. The molecule has 2 aromatic heterocycles. The zero-order valence-corrected chi connectivity index (χ0v) is 17.6. The van der Waals surface area contributed by atoms with Gasteiger partial charge in [0.05, 0.1) is 0 Å². The quantitative estimate of drug-likeness (QED) is 0.586. The van der Waals surface area contributed by atoms with Gasteiger partial charge in [-0.15, -0.1) is 0 Å². The van der Waals surface area contributed by atoms with E-state index in [1.54, 1.807) is 11.9 Å². The molecule has 10 nitrogen and oxygen atoms in total. The SMILES string of the molecule is CN(c1ccccc1)c1nc(N)nc(-c2noc(C3CCC(NC(=O)C(F)(F)F)CC3)n2)n1. The van der Waals surface area contributed by atoms with Crippen LogP contribution >= 0.6 is 0 Å². The van der Waals surface area contributed by atoms with Crippen LogP contribution in [0.25, 0.3) is 11.6 Å². The van der Waals surface area contributed by atoms with Crippen molar-refractivity contribution >= 4 is 23.5 Å². The molecule has 0 saturated heterocycles. The first-order valence-corrected chi connectivity index (χ1v) is 10.2. The van der Waals surface area contributed by atoms with Crippen LogP contribution in [0.2, 0.25) is 0 Å². The Morgan fingerprint density at radius 1 is 1.06 bits per heavy atom. The first-order chi connectivity index (χ1) is 15.7. The van der Waals surface area contributed by atoms with Crippen molar-refractivity contribution in [1.29, 1.82) is 0 Å². The summed E-state index contributed by atoms with van der Waals surface area (Å²) >= 11 is 0. The van der Waals surface area contributed by atoms with Gasteiger partial charge in [0.25, 0.3) is 0 Å². The van der Waals surface area contributed by atoms with Crippen LogP contribution in [0.3, 0.4) is 0 Å². The highest BCUT2D eigenvalue weighted by molar-refractivity contribution is 5.81. The molecule has 1 saturated carbocycles. The number of hydrogen-bond acceptors (Lipinski definition) is 9. The number of carbonyl (C=O) groups excluding carboxylic acids is 1. The van der Waals surface area contributed by atoms with E-state index in [9.17, 15) is 18.0 Å². The molecule has 2 heterocycles. The molecule has 33 heavy (non-hydrogen) atoms. The lowest BCUT2D eigenvalue weighted by molar-refractivity contribution is -0.174. The molecule has 1 amide bonds. The number of nitrogens with one attached hydrogen (secondary N) is 1. The summed E-state index contributed by atoms with van der Waals surface area (Å²) < 4.78 is 42.7. The second-order valence-electron chi connectivity index (χ2n) is 7.69. The van der Waals surface area contributed by atoms with Gasteiger partial charge in [0.1, 0.15) is 0 Å². The maximum atomic E-state index is 12.4. The van der Waals surface area contributed by atoms with E-state index in [1.807, 2.05) is 35.6 Å². The molecule has 174 valence electrons. The third kappa shape index (κ3) is 5.18. The van der Waals surface area contributed by atoms with E-state index in [0.29, 0.717) is 37.5 Å². The molecule has 0 aliphatic heterocycles. The standard InChI is InChI=1S/C20H21F3N8O2/c1-31(13-5-3-2-4-6-13)19-28-14(27-18(24)29-19)15-26-16(33-30-15)11-7-9-12(10-8-11)25-17(32)20(21,22)23/h2-6,11-12H,7-10H2,1H3,(H,25,32)(H2,24,27,28,29). The summed E-state index contributed by atoms with van der Waals surface area (Å²) in [4.78, 5) is 29.9. The summed E-state index contributed by atoms with van der Waals surface area (Å²) in [7, 11) is 1.78. The Bertz CT molecular complexity index is 1110. The maximum Gasteiger partial charge on any atom is 0.471 e. The largest absolute Gasteiger partial charge is 0.471 e. The topological polar surface area (TPSA) is 136 Å². The van der Waals surface area contributed by atoms with Crippen molar-refractivity contribution in [1.82, 2.24) is 30.4 Å². The molecule has 1 aliphatic carbocycles. The van der Waals surface area contributed by atoms with Crippen LogP contribution in [-0.2, 0) is 4.79 Å². The molecular weight excluding hydrogens is 441 g/mol. The van der Waals surface area contributed by atoms with Gasteiger partial charge >= 0.3 is 12.1 Å². The number of hydrogen-bond donors (Lipinski definition) is 2. The van der Waals surface area contributed by atoms with E-state index in [2.05, 4.69) is 25.1 Å². The molecule has 1 aliphatic rings. The summed E-state index contributed by atoms with van der Waals surface area (Å²) in [5, 5.41) is 5.97. The van der Waals surface area contributed by atoms with Crippen molar-refractivity contribution in [2.45, 2.75) is 43.8 Å². The number of carbonyl (C=O) groups is 1. The van der Waals surface area contributed by atoms with E-state index < -0.39 is 18.1 Å². The second-order valence-corrected chi connectivity index (χ2v) is 7.69. The normalized spacial score (nSPS) is 18.7. The first-order valence-electron chi connectivity index (χ1n) is 10.2. The fraction of sp³-hybridized carbons (Fsp3) is 0.400. The zero-order valence-electron chi connectivity index (χ0n) is 17.6. The van der Waals surface area contributed by atoms with Crippen molar-refractivity contribution in [3.63, 3.8) is 0 Å². The van der Waals surface area contributed by atoms with Gasteiger partial charge in [-0.05, 0) is 37.8 Å². The Labute approximate surface area is 186 Å². The monoisotopic (exact) mass is 462 g/mol. The molecular formula is C20H21F3N8O2. The van der Waals surface area contributed by atoms with Crippen molar-refractivity contribution in [3.05, 3.63) is 36.2 Å². The smallest absolute Gasteiger partial charge is 0.368 e. The lowest BCUT2D eigenvalue weighted by Gasteiger charge is -2.27. The Kier molecular flexibility index (Phi) is 6.11. The number of amides is 1. The molecule has 0 atom stereocenters. The minimum atomic E-state index is -4.89. The number of anilines is 3. The van der Waals surface area contributed by atoms with Crippen LogP contribution in [0.15, 0.2) is 34.9 Å². The van der Waals surface area contributed by atoms with Crippen molar-refractivity contribution in [2.24, 2.45) is 0 Å². The van der Waals surface area contributed by atoms with Gasteiger partial charge < -0.3 is 20.5 Å². The highest BCUT2D eigenvalue weighted by Gasteiger charge is 2.40. The number of nitrogens with two attached hydrogens (primary N) is 1. The molecule has 0 radical (unpaired) electrons. The number of nitrogens with zero attached hydrogens (tertiary/aromatic N) is 6. The summed E-state index contributed by atoms with van der Waals surface area (Å²) in [5.74, 6) is -1.16. The maximum absolute atomic E-state index is 12.4. The van der Waals surface area contributed by atoms with Crippen molar-refractivity contribution in [3.8, 4) is 11.6 Å².